The second-order valence-corrected chi connectivity index (χ2v) is 7.28. The molecule has 0 saturated carbocycles. The van der Waals surface area contributed by atoms with Crippen molar-refractivity contribution in [1.29, 1.82) is 0 Å². The summed E-state index contributed by atoms with van der Waals surface area (Å²) in [6.45, 7) is 5.44. The van der Waals surface area contributed by atoms with Gasteiger partial charge in [0.05, 0.1) is 6.04 Å². The van der Waals surface area contributed by atoms with Gasteiger partial charge in [-0.15, -0.1) is 12.4 Å². The predicted molar refractivity (Wildman–Crippen MR) is 109 cm³/mol. The molecule has 2 saturated heterocycles. The molecule has 1 aromatic rings. The highest BCUT2D eigenvalue weighted by molar-refractivity contribution is 5.85. The van der Waals surface area contributed by atoms with Gasteiger partial charge >= 0.3 is 0 Å². The summed E-state index contributed by atoms with van der Waals surface area (Å²) in [5.41, 5.74) is 7.34. The minimum atomic E-state index is -0.471. The minimum Gasteiger partial charge on any atom is -0.484 e. The maximum atomic E-state index is 12.6. The van der Waals surface area contributed by atoms with Gasteiger partial charge in [0.25, 0.3) is 5.91 Å². The van der Waals surface area contributed by atoms with Crippen LogP contribution in [0.3, 0.4) is 0 Å². The van der Waals surface area contributed by atoms with E-state index in [4.69, 9.17) is 15.2 Å². The van der Waals surface area contributed by atoms with Crippen molar-refractivity contribution in [2.24, 2.45) is 11.7 Å². The molecule has 0 aliphatic carbocycles. The Morgan fingerprint density at radius 3 is 2.29 bits per heavy atom. The fraction of sp³-hybridized carbons (Fsp3) is 0.600. The highest BCUT2D eigenvalue weighted by Crippen LogP contribution is 2.19. The first-order chi connectivity index (χ1) is 13.0. The Morgan fingerprint density at radius 2 is 1.68 bits per heavy atom. The van der Waals surface area contributed by atoms with Crippen LogP contribution < -0.4 is 10.5 Å². The van der Waals surface area contributed by atoms with Gasteiger partial charge in [-0.3, -0.25) is 9.59 Å². The second kappa shape index (κ2) is 10.6. The van der Waals surface area contributed by atoms with Crippen LogP contribution in [-0.4, -0.2) is 73.7 Å². The number of hydrogen-bond acceptors (Lipinski definition) is 5. The molecule has 1 aromatic carbocycles. The summed E-state index contributed by atoms with van der Waals surface area (Å²) in [6.07, 6.45) is 1.67. The molecule has 0 radical (unpaired) electrons. The van der Waals surface area contributed by atoms with Gasteiger partial charge in [-0.25, -0.2) is 0 Å². The van der Waals surface area contributed by atoms with Crippen molar-refractivity contribution in [2.75, 3.05) is 46.0 Å². The van der Waals surface area contributed by atoms with Crippen LogP contribution in [0.1, 0.15) is 18.4 Å². The number of amides is 2. The monoisotopic (exact) mass is 411 g/mol. The molecular formula is C20H30ClN3O4. The molecule has 0 bridgehead atoms. The van der Waals surface area contributed by atoms with Crippen LogP contribution in [0.25, 0.3) is 0 Å². The molecule has 2 aliphatic heterocycles. The van der Waals surface area contributed by atoms with Crippen LogP contribution in [0.4, 0.5) is 0 Å². The zero-order valence-corrected chi connectivity index (χ0v) is 17.2. The standard InChI is InChI=1S/C20H29N3O4.ClH/c1-15-2-4-17(5-3-15)27-14-18(24)22-8-10-23(11-9-22)20(25)19(21)16-6-12-26-13-7-16;/h2-5,16,19H,6-14,21H2,1H3;1H. The molecule has 1 atom stereocenters. The average Bonchev–Trinajstić information content (AvgIpc) is 2.73. The zero-order valence-electron chi connectivity index (χ0n) is 16.3. The van der Waals surface area contributed by atoms with Crippen molar-refractivity contribution in [1.82, 2.24) is 9.80 Å². The van der Waals surface area contributed by atoms with E-state index in [1.54, 1.807) is 9.80 Å². The molecule has 2 aliphatic rings. The lowest BCUT2D eigenvalue weighted by Gasteiger charge is -2.37. The number of nitrogens with two attached hydrogens (primary N) is 1. The van der Waals surface area contributed by atoms with Gasteiger partial charge in [0.15, 0.2) is 6.61 Å². The van der Waals surface area contributed by atoms with E-state index in [9.17, 15) is 9.59 Å². The lowest BCUT2D eigenvalue weighted by molar-refractivity contribution is -0.142. The lowest BCUT2D eigenvalue weighted by atomic mass is 9.91. The lowest BCUT2D eigenvalue weighted by Crippen LogP contribution is -2.56. The summed E-state index contributed by atoms with van der Waals surface area (Å²) in [6, 6.07) is 7.15. The van der Waals surface area contributed by atoms with Gasteiger partial charge in [-0.2, -0.15) is 0 Å². The highest BCUT2D eigenvalue weighted by Gasteiger charge is 2.32. The normalized spacial score (nSPS) is 18.9. The first-order valence-electron chi connectivity index (χ1n) is 9.64. The van der Waals surface area contributed by atoms with Gasteiger partial charge < -0.3 is 25.0 Å². The summed E-state index contributed by atoms with van der Waals surface area (Å²) in [5.74, 6) is 0.806. The number of aryl methyl sites for hydroxylation is 1. The topological polar surface area (TPSA) is 85.1 Å². The van der Waals surface area contributed by atoms with Gasteiger partial charge in [0.1, 0.15) is 5.75 Å². The van der Waals surface area contributed by atoms with Crippen LogP contribution in [0.2, 0.25) is 0 Å². The zero-order chi connectivity index (χ0) is 19.2. The van der Waals surface area contributed by atoms with Crippen molar-refractivity contribution < 1.29 is 19.1 Å². The Kier molecular flexibility index (Phi) is 8.54. The molecule has 0 spiro atoms. The minimum absolute atomic E-state index is 0. The molecule has 1 unspecified atom stereocenters. The van der Waals surface area contributed by atoms with Crippen LogP contribution in [0.15, 0.2) is 24.3 Å². The Labute approximate surface area is 172 Å². The van der Waals surface area contributed by atoms with Gasteiger partial charge in [0.2, 0.25) is 5.91 Å². The van der Waals surface area contributed by atoms with Crippen molar-refractivity contribution in [2.45, 2.75) is 25.8 Å². The molecule has 156 valence electrons. The maximum Gasteiger partial charge on any atom is 0.260 e. The molecule has 2 heterocycles. The number of piperazine rings is 1. The van der Waals surface area contributed by atoms with E-state index in [1.807, 2.05) is 31.2 Å². The number of halogens is 1. The third-order valence-electron chi connectivity index (χ3n) is 5.39. The Hall–Kier alpha value is -1.83. The third-order valence-corrected chi connectivity index (χ3v) is 5.39. The van der Waals surface area contributed by atoms with Gasteiger partial charge in [-0.1, -0.05) is 17.7 Å². The fourth-order valence-electron chi connectivity index (χ4n) is 3.53. The van der Waals surface area contributed by atoms with Crippen LogP contribution in [0.5, 0.6) is 5.75 Å². The molecule has 28 heavy (non-hydrogen) atoms. The number of benzene rings is 1. The first kappa shape index (κ1) is 22.5. The number of ether oxygens (including phenoxy) is 2. The number of hydrogen-bond donors (Lipinski definition) is 1. The molecule has 0 aromatic heterocycles. The highest BCUT2D eigenvalue weighted by atomic mass is 35.5. The van der Waals surface area contributed by atoms with Crippen molar-refractivity contribution in [3.63, 3.8) is 0 Å². The van der Waals surface area contributed by atoms with Gasteiger partial charge in [0, 0.05) is 39.4 Å². The second-order valence-electron chi connectivity index (χ2n) is 7.28. The van der Waals surface area contributed by atoms with Crippen molar-refractivity contribution >= 4 is 24.2 Å². The molecule has 3 rings (SSSR count). The molecule has 2 amide bonds. The SMILES string of the molecule is Cc1ccc(OCC(=O)N2CCN(C(=O)C(N)C3CCOCC3)CC2)cc1.Cl. The predicted octanol–water partition coefficient (Wildman–Crippen LogP) is 1.22. The van der Waals surface area contributed by atoms with Crippen molar-refractivity contribution in [3.8, 4) is 5.75 Å². The molecular weight excluding hydrogens is 382 g/mol. The summed E-state index contributed by atoms with van der Waals surface area (Å²) in [7, 11) is 0. The smallest absolute Gasteiger partial charge is 0.260 e. The first-order valence-corrected chi connectivity index (χ1v) is 9.64. The molecule has 7 nitrogen and oxygen atoms in total. The van der Waals surface area contributed by atoms with E-state index in [1.165, 1.54) is 0 Å². The van der Waals surface area contributed by atoms with Crippen LogP contribution in [-0.2, 0) is 14.3 Å². The van der Waals surface area contributed by atoms with E-state index in [0.717, 1.165) is 18.4 Å². The number of rotatable bonds is 5. The largest absolute Gasteiger partial charge is 0.484 e. The summed E-state index contributed by atoms with van der Waals surface area (Å²) in [5, 5.41) is 0. The van der Waals surface area contributed by atoms with E-state index in [-0.39, 0.29) is 36.7 Å². The Balaban J connectivity index is 0.00000280. The molecule has 2 fully saturated rings. The van der Waals surface area contributed by atoms with Gasteiger partial charge in [-0.05, 0) is 37.8 Å². The quantitative estimate of drug-likeness (QED) is 0.787. The average molecular weight is 412 g/mol. The van der Waals surface area contributed by atoms with E-state index >= 15 is 0 Å². The Morgan fingerprint density at radius 1 is 1.11 bits per heavy atom. The molecule has 8 heteroatoms. The fourth-order valence-corrected chi connectivity index (χ4v) is 3.53. The maximum absolute atomic E-state index is 12.6. The van der Waals surface area contributed by atoms with E-state index < -0.39 is 6.04 Å². The van der Waals surface area contributed by atoms with E-state index in [0.29, 0.717) is 45.1 Å². The summed E-state index contributed by atoms with van der Waals surface area (Å²) < 4.78 is 10.9. The van der Waals surface area contributed by atoms with Crippen molar-refractivity contribution in [3.05, 3.63) is 29.8 Å². The third kappa shape index (κ3) is 5.83. The van der Waals surface area contributed by atoms with Crippen LogP contribution in [0, 0.1) is 12.8 Å². The number of carbonyl (C=O) groups is 2. The Bertz CT molecular complexity index is 641. The van der Waals surface area contributed by atoms with E-state index in [2.05, 4.69) is 0 Å². The summed E-state index contributed by atoms with van der Waals surface area (Å²) >= 11 is 0. The molecule has 2 N–H and O–H groups in total. The summed E-state index contributed by atoms with van der Waals surface area (Å²) in [4.78, 5) is 28.5. The van der Waals surface area contributed by atoms with Crippen LogP contribution >= 0.6 is 12.4 Å². The number of carbonyl (C=O) groups excluding carboxylic acids is 2. The number of nitrogens with zero attached hydrogens (tertiary/aromatic N) is 2.